The van der Waals surface area contributed by atoms with Gasteiger partial charge in [-0.1, -0.05) is 0 Å². The maximum absolute atomic E-state index is 12.2. The van der Waals surface area contributed by atoms with E-state index in [0.29, 0.717) is 13.2 Å². The summed E-state index contributed by atoms with van der Waals surface area (Å²) in [4.78, 5) is 14.1. The molecule has 0 aliphatic carbocycles. The monoisotopic (exact) mass is 231 g/mol. The van der Waals surface area contributed by atoms with Gasteiger partial charge in [-0.2, -0.15) is 0 Å². The Balaban J connectivity index is 2.00. The molecular weight excluding hydrogens is 214 g/mol. The van der Waals surface area contributed by atoms with Crippen molar-refractivity contribution < 1.29 is 9.53 Å². The van der Waals surface area contributed by atoms with E-state index < -0.39 is 5.60 Å². The number of ether oxygens (including phenoxy) is 1. The molecule has 0 aromatic carbocycles. The summed E-state index contributed by atoms with van der Waals surface area (Å²) in [6.45, 7) is 4.13. The summed E-state index contributed by atoms with van der Waals surface area (Å²) in [6, 6.07) is 0. The van der Waals surface area contributed by atoms with E-state index in [-0.39, 0.29) is 11.3 Å². The van der Waals surface area contributed by atoms with Crippen molar-refractivity contribution in [2.24, 2.45) is 0 Å². The van der Waals surface area contributed by atoms with Crippen molar-refractivity contribution in [3.63, 3.8) is 0 Å². The zero-order valence-corrected chi connectivity index (χ0v) is 9.92. The molecule has 2 atom stereocenters. The fourth-order valence-corrected chi connectivity index (χ4v) is 2.71. The van der Waals surface area contributed by atoms with Crippen LogP contribution in [0.2, 0.25) is 0 Å². The Hall–Kier alpha value is -0.280. The van der Waals surface area contributed by atoms with Gasteiger partial charge in [0.15, 0.2) is 0 Å². The second kappa shape index (κ2) is 4.30. The molecule has 2 aliphatic rings. The number of amides is 1. The first-order chi connectivity index (χ1) is 7.12. The van der Waals surface area contributed by atoms with Crippen LogP contribution >= 0.6 is 11.6 Å². The van der Waals surface area contributed by atoms with Gasteiger partial charge >= 0.3 is 0 Å². The van der Waals surface area contributed by atoms with Gasteiger partial charge < -0.3 is 9.64 Å². The predicted octanol–water partition coefficient (Wildman–Crippen LogP) is 1.79. The number of likely N-dealkylation sites (tertiary alicyclic amines) is 1. The highest BCUT2D eigenvalue weighted by atomic mass is 35.5. The molecule has 2 heterocycles. The first-order valence-corrected chi connectivity index (χ1v) is 6.13. The van der Waals surface area contributed by atoms with Crippen molar-refractivity contribution in [1.29, 1.82) is 0 Å². The molecule has 1 amide bonds. The quantitative estimate of drug-likeness (QED) is 0.644. The van der Waals surface area contributed by atoms with Gasteiger partial charge in [0.2, 0.25) is 0 Å². The summed E-state index contributed by atoms with van der Waals surface area (Å²) in [7, 11) is 0. The SMILES string of the molecule is CC1(C(=O)N2CCCC(Cl)C2)CCCO1. The van der Waals surface area contributed by atoms with E-state index >= 15 is 0 Å². The molecule has 0 N–H and O–H groups in total. The summed E-state index contributed by atoms with van der Waals surface area (Å²) in [5.74, 6) is 0.130. The third kappa shape index (κ3) is 2.28. The van der Waals surface area contributed by atoms with E-state index in [4.69, 9.17) is 16.3 Å². The highest BCUT2D eigenvalue weighted by Crippen LogP contribution is 2.29. The lowest BCUT2D eigenvalue weighted by molar-refractivity contribution is -0.151. The van der Waals surface area contributed by atoms with Gasteiger partial charge in [-0.3, -0.25) is 4.79 Å². The number of carbonyl (C=O) groups is 1. The normalized spacial score (nSPS) is 36.9. The molecule has 2 fully saturated rings. The number of carbonyl (C=O) groups excluding carboxylic acids is 1. The molecule has 0 spiro atoms. The van der Waals surface area contributed by atoms with Crippen LogP contribution in [0.5, 0.6) is 0 Å². The van der Waals surface area contributed by atoms with Crippen molar-refractivity contribution in [2.45, 2.75) is 43.6 Å². The molecule has 2 unspecified atom stereocenters. The summed E-state index contributed by atoms with van der Waals surface area (Å²) >= 11 is 6.07. The van der Waals surface area contributed by atoms with Crippen molar-refractivity contribution in [3.8, 4) is 0 Å². The van der Waals surface area contributed by atoms with E-state index in [2.05, 4.69) is 0 Å². The summed E-state index contributed by atoms with van der Waals surface area (Å²) in [5, 5.41) is 0.118. The van der Waals surface area contributed by atoms with Crippen LogP contribution in [0.25, 0.3) is 0 Å². The fourth-order valence-electron chi connectivity index (χ4n) is 2.39. The Morgan fingerprint density at radius 2 is 2.33 bits per heavy atom. The number of hydrogen-bond donors (Lipinski definition) is 0. The van der Waals surface area contributed by atoms with Crippen molar-refractivity contribution in [1.82, 2.24) is 4.90 Å². The van der Waals surface area contributed by atoms with Gasteiger partial charge in [-0.05, 0) is 32.6 Å². The van der Waals surface area contributed by atoms with Crippen LogP contribution in [0.15, 0.2) is 0 Å². The zero-order valence-electron chi connectivity index (χ0n) is 9.17. The van der Waals surface area contributed by atoms with Gasteiger partial charge in [0, 0.05) is 19.7 Å². The minimum atomic E-state index is -0.575. The first kappa shape index (κ1) is 11.2. The molecule has 0 saturated carbocycles. The third-order valence-electron chi connectivity index (χ3n) is 3.32. The summed E-state index contributed by atoms with van der Waals surface area (Å²) in [6.07, 6.45) is 3.86. The summed E-state index contributed by atoms with van der Waals surface area (Å²) in [5.41, 5.74) is -0.575. The van der Waals surface area contributed by atoms with Crippen molar-refractivity contribution in [2.75, 3.05) is 19.7 Å². The number of hydrogen-bond acceptors (Lipinski definition) is 2. The molecule has 2 aliphatic heterocycles. The highest BCUT2D eigenvalue weighted by molar-refractivity contribution is 6.21. The number of halogens is 1. The standard InChI is InChI=1S/C11H18ClNO2/c1-11(5-3-7-15-11)10(14)13-6-2-4-9(12)8-13/h9H,2-8H2,1H3. The van der Waals surface area contributed by atoms with Crippen LogP contribution in [0.4, 0.5) is 0 Å². The number of rotatable bonds is 1. The second-order valence-electron chi connectivity index (χ2n) is 4.67. The van der Waals surface area contributed by atoms with Crippen LogP contribution in [-0.4, -0.2) is 41.5 Å². The fraction of sp³-hybridized carbons (Fsp3) is 0.909. The average Bonchev–Trinajstić information content (AvgIpc) is 2.65. The van der Waals surface area contributed by atoms with Crippen LogP contribution in [0, 0.1) is 0 Å². The summed E-state index contributed by atoms with van der Waals surface area (Å²) < 4.78 is 5.56. The minimum Gasteiger partial charge on any atom is -0.365 e. The van der Waals surface area contributed by atoms with Crippen molar-refractivity contribution in [3.05, 3.63) is 0 Å². The maximum atomic E-state index is 12.2. The maximum Gasteiger partial charge on any atom is 0.254 e. The Morgan fingerprint density at radius 1 is 1.53 bits per heavy atom. The number of nitrogens with zero attached hydrogens (tertiary/aromatic N) is 1. The predicted molar refractivity (Wildman–Crippen MR) is 59.0 cm³/mol. The highest BCUT2D eigenvalue weighted by Gasteiger charge is 2.41. The molecule has 2 saturated heterocycles. The first-order valence-electron chi connectivity index (χ1n) is 5.69. The molecule has 15 heavy (non-hydrogen) atoms. The second-order valence-corrected chi connectivity index (χ2v) is 5.29. The number of piperidine rings is 1. The lowest BCUT2D eigenvalue weighted by Crippen LogP contribution is -2.50. The zero-order chi connectivity index (χ0) is 10.9. The molecular formula is C11H18ClNO2. The lowest BCUT2D eigenvalue weighted by atomic mass is 9.99. The van der Waals surface area contributed by atoms with E-state index in [0.717, 1.165) is 32.2 Å². The van der Waals surface area contributed by atoms with Crippen LogP contribution < -0.4 is 0 Å². The topological polar surface area (TPSA) is 29.5 Å². The van der Waals surface area contributed by atoms with Gasteiger partial charge in [-0.15, -0.1) is 11.6 Å². The largest absolute Gasteiger partial charge is 0.365 e. The Morgan fingerprint density at radius 3 is 2.93 bits per heavy atom. The third-order valence-corrected chi connectivity index (χ3v) is 3.68. The number of alkyl halides is 1. The Bertz CT molecular complexity index is 251. The molecule has 3 nitrogen and oxygen atoms in total. The molecule has 2 rings (SSSR count). The van der Waals surface area contributed by atoms with Crippen LogP contribution in [0.3, 0.4) is 0 Å². The van der Waals surface area contributed by atoms with Crippen LogP contribution in [0.1, 0.15) is 32.6 Å². The molecule has 0 aromatic rings. The van der Waals surface area contributed by atoms with Gasteiger partial charge in [0.25, 0.3) is 5.91 Å². The minimum absolute atomic E-state index is 0.118. The molecule has 0 radical (unpaired) electrons. The van der Waals surface area contributed by atoms with E-state index in [1.54, 1.807) is 0 Å². The molecule has 4 heteroatoms. The lowest BCUT2D eigenvalue weighted by Gasteiger charge is -2.35. The van der Waals surface area contributed by atoms with E-state index in [9.17, 15) is 4.79 Å². The van der Waals surface area contributed by atoms with Gasteiger partial charge in [0.1, 0.15) is 5.60 Å². The smallest absolute Gasteiger partial charge is 0.254 e. The van der Waals surface area contributed by atoms with Crippen LogP contribution in [-0.2, 0) is 9.53 Å². The Kier molecular flexibility index (Phi) is 3.21. The van der Waals surface area contributed by atoms with Crippen molar-refractivity contribution >= 4 is 17.5 Å². The van der Waals surface area contributed by atoms with Gasteiger partial charge in [0.05, 0.1) is 5.38 Å². The van der Waals surface area contributed by atoms with Gasteiger partial charge in [-0.25, -0.2) is 0 Å². The molecule has 0 aromatic heterocycles. The Labute approximate surface area is 95.7 Å². The van der Waals surface area contributed by atoms with E-state index in [1.807, 2.05) is 11.8 Å². The molecule has 86 valence electrons. The average molecular weight is 232 g/mol. The molecule has 0 bridgehead atoms. The van der Waals surface area contributed by atoms with E-state index in [1.165, 1.54) is 0 Å².